The summed E-state index contributed by atoms with van der Waals surface area (Å²) in [5.41, 5.74) is 4.70. The van der Waals surface area contributed by atoms with E-state index in [4.69, 9.17) is 25.7 Å². The summed E-state index contributed by atoms with van der Waals surface area (Å²) in [5.74, 6) is 2.62. The van der Waals surface area contributed by atoms with Gasteiger partial charge in [-0.2, -0.15) is 4.98 Å². The Balaban J connectivity index is 1.32. The fourth-order valence-corrected chi connectivity index (χ4v) is 4.21. The summed E-state index contributed by atoms with van der Waals surface area (Å²) in [5, 5.41) is 0.696. The van der Waals surface area contributed by atoms with Gasteiger partial charge in [-0.3, -0.25) is 4.57 Å². The molecular weight excluding hydrogens is 410 g/mol. The van der Waals surface area contributed by atoms with Gasteiger partial charge in [0.25, 0.3) is 0 Å². The molecule has 4 aromatic rings. The Bertz CT molecular complexity index is 1190. The monoisotopic (exact) mass is 433 g/mol. The number of imidazole rings is 1. The highest BCUT2D eigenvalue weighted by Crippen LogP contribution is 2.29. The highest BCUT2D eigenvalue weighted by atomic mass is 35.5. The standard InChI is InChI=1S/C25H24ClN3O2/c1-17-27-13-14-29(17)25-28-24(19-7-10-21(26)11-8-19)23(31-25)6-3-15-30-22-12-9-18-4-2-5-20(18)16-22/h7-14,16H,2-6,15H2,1H3. The first-order valence-electron chi connectivity index (χ1n) is 10.7. The van der Waals surface area contributed by atoms with Crippen molar-refractivity contribution in [1.29, 1.82) is 0 Å². The second-order valence-corrected chi connectivity index (χ2v) is 8.29. The zero-order valence-corrected chi connectivity index (χ0v) is 18.2. The van der Waals surface area contributed by atoms with E-state index in [2.05, 4.69) is 23.2 Å². The Hall–Kier alpha value is -3.05. The summed E-state index contributed by atoms with van der Waals surface area (Å²) in [6, 6.07) is 14.7. The van der Waals surface area contributed by atoms with Crippen LogP contribution in [0.25, 0.3) is 17.3 Å². The molecule has 5 rings (SSSR count). The van der Waals surface area contributed by atoms with Crippen molar-refractivity contribution in [3.05, 3.63) is 82.6 Å². The number of oxazole rings is 1. The first-order chi connectivity index (χ1) is 15.2. The summed E-state index contributed by atoms with van der Waals surface area (Å²) in [7, 11) is 0. The normalized spacial score (nSPS) is 12.8. The van der Waals surface area contributed by atoms with Crippen LogP contribution in [0.5, 0.6) is 5.75 Å². The molecule has 6 heteroatoms. The molecule has 0 unspecified atom stereocenters. The molecule has 1 aliphatic carbocycles. The van der Waals surface area contributed by atoms with E-state index in [1.54, 1.807) is 6.20 Å². The molecule has 5 nitrogen and oxygen atoms in total. The summed E-state index contributed by atoms with van der Waals surface area (Å²) in [4.78, 5) is 9.04. The number of benzene rings is 2. The van der Waals surface area contributed by atoms with Crippen molar-refractivity contribution in [3.63, 3.8) is 0 Å². The van der Waals surface area contributed by atoms with E-state index in [1.165, 1.54) is 24.0 Å². The lowest BCUT2D eigenvalue weighted by Crippen LogP contribution is -2.00. The van der Waals surface area contributed by atoms with Gasteiger partial charge in [-0.05, 0) is 68.0 Å². The Morgan fingerprint density at radius 1 is 1.10 bits per heavy atom. The molecule has 0 N–H and O–H groups in total. The van der Waals surface area contributed by atoms with E-state index in [-0.39, 0.29) is 0 Å². The van der Waals surface area contributed by atoms with Crippen LogP contribution in [0.2, 0.25) is 5.02 Å². The number of fused-ring (bicyclic) bond motifs is 1. The average Bonchev–Trinajstić information content (AvgIpc) is 3.51. The van der Waals surface area contributed by atoms with Crippen LogP contribution >= 0.6 is 11.6 Å². The van der Waals surface area contributed by atoms with Crippen LogP contribution in [0.4, 0.5) is 0 Å². The molecule has 2 heterocycles. The minimum Gasteiger partial charge on any atom is -0.494 e. The zero-order chi connectivity index (χ0) is 21.2. The molecule has 0 atom stereocenters. The van der Waals surface area contributed by atoms with Crippen LogP contribution in [0, 0.1) is 6.92 Å². The maximum atomic E-state index is 6.16. The quantitative estimate of drug-likeness (QED) is 0.336. The fraction of sp³-hybridized carbons (Fsp3) is 0.280. The SMILES string of the molecule is Cc1nccn1-c1nc(-c2ccc(Cl)cc2)c(CCCOc2ccc3c(c2)CCC3)o1. The molecule has 0 spiro atoms. The third-order valence-corrected chi connectivity index (χ3v) is 5.97. The molecule has 0 radical (unpaired) electrons. The third kappa shape index (κ3) is 4.23. The molecule has 2 aromatic heterocycles. The van der Waals surface area contributed by atoms with Gasteiger partial charge in [0.1, 0.15) is 23.0 Å². The molecule has 31 heavy (non-hydrogen) atoms. The number of rotatable bonds is 7. The van der Waals surface area contributed by atoms with Crippen LogP contribution in [0.15, 0.2) is 59.3 Å². The number of hydrogen-bond acceptors (Lipinski definition) is 4. The van der Waals surface area contributed by atoms with E-state index in [9.17, 15) is 0 Å². The van der Waals surface area contributed by atoms with E-state index in [0.717, 1.165) is 47.9 Å². The summed E-state index contributed by atoms with van der Waals surface area (Å²) in [6.45, 7) is 2.55. The van der Waals surface area contributed by atoms with Crippen molar-refractivity contribution in [2.24, 2.45) is 0 Å². The van der Waals surface area contributed by atoms with Gasteiger partial charge in [0, 0.05) is 29.4 Å². The van der Waals surface area contributed by atoms with Gasteiger partial charge in [0.15, 0.2) is 0 Å². The van der Waals surface area contributed by atoms with Crippen molar-refractivity contribution in [2.75, 3.05) is 6.61 Å². The minimum absolute atomic E-state index is 0.523. The lowest BCUT2D eigenvalue weighted by Gasteiger charge is -2.08. The lowest BCUT2D eigenvalue weighted by molar-refractivity contribution is 0.305. The predicted molar refractivity (Wildman–Crippen MR) is 121 cm³/mol. The van der Waals surface area contributed by atoms with Crippen molar-refractivity contribution in [2.45, 2.75) is 39.0 Å². The van der Waals surface area contributed by atoms with E-state index >= 15 is 0 Å². The van der Waals surface area contributed by atoms with Crippen LogP contribution in [-0.4, -0.2) is 21.1 Å². The second-order valence-electron chi connectivity index (χ2n) is 7.86. The van der Waals surface area contributed by atoms with Gasteiger partial charge >= 0.3 is 6.01 Å². The van der Waals surface area contributed by atoms with Crippen molar-refractivity contribution in [3.8, 4) is 23.0 Å². The first-order valence-corrected chi connectivity index (χ1v) is 11.1. The average molecular weight is 434 g/mol. The van der Waals surface area contributed by atoms with Gasteiger partial charge in [-0.15, -0.1) is 0 Å². The Morgan fingerprint density at radius 2 is 1.94 bits per heavy atom. The predicted octanol–water partition coefficient (Wildman–Crippen LogP) is 5.99. The first kappa shape index (κ1) is 19.9. The van der Waals surface area contributed by atoms with Crippen LogP contribution in [-0.2, 0) is 19.3 Å². The van der Waals surface area contributed by atoms with Gasteiger partial charge in [-0.25, -0.2) is 4.98 Å². The highest BCUT2D eigenvalue weighted by Gasteiger charge is 2.17. The third-order valence-electron chi connectivity index (χ3n) is 5.72. The van der Waals surface area contributed by atoms with Crippen LogP contribution < -0.4 is 4.74 Å². The van der Waals surface area contributed by atoms with Gasteiger partial charge in [0.05, 0.1) is 6.61 Å². The summed E-state index contributed by atoms with van der Waals surface area (Å²) < 4.78 is 14.0. The number of hydrogen-bond donors (Lipinski definition) is 0. The topological polar surface area (TPSA) is 53.1 Å². The van der Waals surface area contributed by atoms with Crippen LogP contribution in [0.1, 0.15) is 35.6 Å². The lowest BCUT2D eigenvalue weighted by atomic mass is 10.1. The summed E-state index contributed by atoms with van der Waals surface area (Å²) in [6.07, 6.45) is 8.74. The van der Waals surface area contributed by atoms with Crippen LogP contribution in [0.3, 0.4) is 0 Å². The maximum Gasteiger partial charge on any atom is 0.307 e. The molecule has 0 saturated heterocycles. The van der Waals surface area contributed by atoms with E-state index in [0.29, 0.717) is 17.6 Å². The Morgan fingerprint density at radius 3 is 2.74 bits per heavy atom. The smallest absolute Gasteiger partial charge is 0.307 e. The number of aromatic nitrogens is 3. The summed E-state index contributed by atoms with van der Waals surface area (Å²) >= 11 is 6.07. The Kier molecular flexibility index (Phi) is 5.51. The maximum absolute atomic E-state index is 6.16. The fourth-order valence-electron chi connectivity index (χ4n) is 4.09. The molecule has 0 fully saturated rings. The van der Waals surface area contributed by atoms with Crippen molar-refractivity contribution >= 4 is 11.6 Å². The minimum atomic E-state index is 0.523. The van der Waals surface area contributed by atoms with Gasteiger partial charge < -0.3 is 9.15 Å². The molecule has 0 aliphatic heterocycles. The largest absolute Gasteiger partial charge is 0.494 e. The molecule has 0 amide bonds. The molecule has 2 aromatic carbocycles. The van der Waals surface area contributed by atoms with E-state index in [1.807, 2.05) is 42.0 Å². The molecule has 1 aliphatic rings. The number of nitrogens with zero attached hydrogens (tertiary/aromatic N) is 3. The van der Waals surface area contributed by atoms with Gasteiger partial charge in [-0.1, -0.05) is 29.8 Å². The molecule has 0 bridgehead atoms. The number of ether oxygens (including phenoxy) is 1. The van der Waals surface area contributed by atoms with E-state index < -0.39 is 0 Å². The zero-order valence-electron chi connectivity index (χ0n) is 17.5. The Labute approximate surface area is 186 Å². The van der Waals surface area contributed by atoms with Crippen molar-refractivity contribution < 1.29 is 9.15 Å². The number of aryl methyl sites for hydroxylation is 4. The van der Waals surface area contributed by atoms with Crippen molar-refractivity contribution in [1.82, 2.24) is 14.5 Å². The number of halogens is 1. The second kappa shape index (κ2) is 8.60. The molecule has 0 saturated carbocycles. The molecular formula is C25H24ClN3O2. The molecule has 158 valence electrons. The highest BCUT2D eigenvalue weighted by molar-refractivity contribution is 6.30. The van der Waals surface area contributed by atoms with Gasteiger partial charge in [0.2, 0.25) is 0 Å².